The molecule has 0 bridgehead atoms. The van der Waals surface area contributed by atoms with Gasteiger partial charge >= 0.3 is 0 Å². The number of aliphatic imine (C=N–C) groups is 1. The third-order valence-electron chi connectivity index (χ3n) is 5.13. The molecule has 2 heterocycles. The highest BCUT2D eigenvalue weighted by Gasteiger charge is 2.44. The number of hydrogen-bond donors (Lipinski definition) is 2. The van der Waals surface area contributed by atoms with Crippen molar-refractivity contribution in [2.24, 2.45) is 10.9 Å². The summed E-state index contributed by atoms with van der Waals surface area (Å²) in [5.74, 6) is -0.120. The number of carbonyl (C=O) groups is 1. The van der Waals surface area contributed by atoms with E-state index in [1.807, 2.05) is 60.9 Å². The van der Waals surface area contributed by atoms with Crippen molar-refractivity contribution in [1.82, 2.24) is 9.97 Å². The molecule has 6 nitrogen and oxygen atoms in total. The summed E-state index contributed by atoms with van der Waals surface area (Å²) in [6.45, 7) is 0. The van der Waals surface area contributed by atoms with Gasteiger partial charge in [-0.3, -0.25) is 14.6 Å². The Morgan fingerprint density at radius 2 is 1.68 bits per heavy atom. The smallest absolute Gasteiger partial charge is 0.279 e. The van der Waals surface area contributed by atoms with Crippen LogP contribution >= 0.6 is 11.8 Å². The monoisotopic (exact) mass is 388 g/mol. The molecule has 0 spiro atoms. The van der Waals surface area contributed by atoms with Gasteiger partial charge in [0.2, 0.25) is 0 Å². The van der Waals surface area contributed by atoms with Gasteiger partial charge in [-0.15, -0.1) is 0 Å². The summed E-state index contributed by atoms with van der Waals surface area (Å²) < 4.78 is 0. The van der Waals surface area contributed by atoms with Gasteiger partial charge in [0.1, 0.15) is 0 Å². The molecule has 3 aromatic rings. The number of aromatic nitrogens is 2. The fraction of sp³-hybridized carbons (Fsp3) is 0.143. The zero-order valence-electron chi connectivity index (χ0n) is 15.0. The normalized spacial score (nSPS) is 19.8. The summed E-state index contributed by atoms with van der Waals surface area (Å²) in [5, 5.41) is 3.85. The van der Waals surface area contributed by atoms with E-state index in [2.05, 4.69) is 20.3 Å². The van der Waals surface area contributed by atoms with E-state index in [-0.39, 0.29) is 23.1 Å². The van der Waals surface area contributed by atoms with Crippen molar-refractivity contribution < 1.29 is 4.79 Å². The van der Waals surface area contributed by atoms with E-state index in [1.165, 1.54) is 11.8 Å². The molecule has 0 radical (unpaired) electrons. The number of thioether (sulfide) groups is 1. The van der Waals surface area contributed by atoms with E-state index in [0.717, 1.165) is 11.1 Å². The van der Waals surface area contributed by atoms with Crippen molar-refractivity contribution in [1.29, 1.82) is 0 Å². The standard InChI is InChI=1S/C21H16N4O2S/c1-28-21-24-19-17(20(27)25-21)22-16-12-9-5-6-10-13(12)18(26)14(16)15(23-19)11-7-3-2-4-8-11/h2-10,14-15H,1H3,(H2,23,24,25,27). The SMILES string of the molecule is CSc1nc2c(c(=O)[nH]1)N=C1c3ccccc3C(=O)C1C(c1ccccc1)N2. The average Bonchev–Trinajstić information content (AvgIpc) is 2.89. The van der Waals surface area contributed by atoms with Crippen molar-refractivity contribution in [3.05, 3.63) is 81.6 Å². The van der Waals surface area contributed by atoms with E-state index in [1.54, 1.807) is 0 Å². The highest BCUT2D eigenvalue weighted by molar-refractivity contribution is 7.98. The average molecular weight is 388 g/mol. The minimum Gasteiger partial charge on any atom is -0.360 e. The van der Waals surface area contributed by atoms with Crippen molar-refractivity contribution in [2.75, 3.05) is 11.6 Å². The molecule has 0 fully saturated rings. The first-order chi connectivity index (χ1) is 13.7. The number of hydrogen-bond acceptors (Lipinski definition) is 6. The summed E-state index contributed by atoms with van der Waals surface area (Å²) in [6.07, 6.45) is 1.84. The minimum atomic E-state index is -0.522. The maximum atomic E-state index is 13.3. The second-order valence-corrected chi connectivity index (χ2v) is 7.48. The van der Waals surface area contributed by atoms with Crippen LogP contribution in [0.2, 0.25) is 0 Å². The van der Waals surface area contributed by atoms with Crippen LogP contribution in [0.3, 0.4) is 0 Å². The van der Waals surface area contributed by atoms with Crippen LogP contribution in [-0.4, -0.2) is 27.7 Å². The number of ketones is 1. The van der Waals surface area contributed by atoms with Gasteiger partial charge in [0, 0.05) is 11.1 Å². The van der Waals surface area contributed by atoms with Crippen LogP contribution in [0.15, 0.2) is 69.5 Å². The highest BCUT2D eigenvalue weighted by Crippen LogP contribution is 2.42. The van der Waals surface area contributed by atoms with Gasteiger partial charge < -0.3 is 5.32 Å². The van der Waals surface area contributed by atoms with E-state index >= 15 is 0 Å². The first kappa shape index (κ1) is 16.9. The predicted octanol–water partition coefficient (Wildman–Crippen LogP) is 3.59. The van der Waals surface area contributed by atoms with Gasteiger partial charge in [0.05, 0.1) is 17.7 Å². The number of anilines is 1. The van der Waals surface area contributed by atoms with Gasteiger partial charge in [-0.1, -0.05) is 66.4 Å². The molecule has 0 saturated heterocycles. The van der Waals surface area contributed by atoms with Gasteiger partial charge in [-0.05, 0) is 11.8 Å². The van der Waals surface area contributed by atoms with Gasteiger partial charge in [-0.2, -0.15) is 0 Å². The molecule has 0 saturated carbocycles. The fourth-order valence-electron chi connectivity index (χ4n) is 3.85. The largest absolute Gasteiger partial charge is 0.360 e. The Balaban J connectivity index is 1.79. The zero-order chi connectivity index (χ0) is 19.3. The van der Waals surface area contributed by atoms with Crippen molar-refractivity contribution in [2.45, 2.75) is 11.2 Å². The second-order valence-electron chi connectivity index (χ2n) is 6.69. The number of nitrogens with zero attached hydrogens (tertiary/aromatic N) is 2. The second kappa shape index (κ2) is 6.45. The first-order valence-corrected chi connectivity index (χ1v) is 10.1. The van der Waals surface area contributed by atoms with Crippen LogP contribution in [0.5, 0.6) is 0 Å². The Bertz CT molecular complexity index is 1190. The van der Waals surface area contributed by atoms with E-state index in [9.17, 15) is 9.59 Å². The Kier molecular flexibility index (Phi) is 3.91. The third-order valence-corrected chi connectivity index (χ3v) is 5.71. The number of rotatable bonds is 2. The molecule has 1 aromatic heterocycles. The summed E-state index contributed by atoms with van der Waals surface area (Å²) in [5.41, 5.74) is 2.87. The Labute approximate surface area is 165 Å². The topological polar surface area (TPSA) is 87.2 Å². The van der Waals surface area contributed by atoms with Crippen molar-refractivity contribution in [3.8, 4) is 0 Å². The number of nitrogens with one attached hydrogen (secondary N) is 2. The Morgan fingerprint density at radius 3 is 2.43 bits per heavy atom. The molecule has 138 valence electrons. The first-order valence-electron chi connectivity index (χ1n) is 8.89. The third kappa shape index (κ3) is 2.51. The quantitative estimate of drug-likeness (QED) is 0.517. The van der Waals surface area contributed by atoms with Gasteiger partial charge in [0.15, 0.2) is 22.4 Å². The maximum absolute atomic E-state index is 13.3. The molecule has 2 aliphatic rings. The Hall–Kier alpha value is -3.19. The molecule has 1 aliphatic heterocycles. The number of Topliss-reactive ketones (excluding diaryl/α,β-unsaturated/α-hetero) is 1. The van der Waals surface area contributed by atoms with Crippen LogP contribution in [0.4, 0.5) is 11.5 Å². The molecule has 28 heavy (non-hydrogen) atoms. The highest BCUT2D eigenvalue weighted by atomic mass is 32.2. The molecule has 2 aromatic carbocycles. The van der Waals surface area contributed by atoms with Crippen molar-refractivity contribution in [3.63, 3.8) is 0 Å². The summed E-state index contributed by atoms with van der Waals surface area (Å²) in [7, 11) is 0. The maximum Gasteiger partial charge on any atom is 0.279 e. The number of carbonyl (C=O) groups excluding carboxylic acids is 1. The van der Waals surface area contributed by atoms with E-state index < -0.39 is 5.92 Å². The molecule has 1 aliphatic carbocycles. The lowest BCUT2D eigenvalue weighted by Crippen LogP contribution is -2.28. The molecule has 7 heteroatoms. The number of aromatic amines is 1. The van der Waals surface area contributed by atoms with Crippen LogP contribution in [-0.2, 0) is 0 Å². The summed E-state index contributed by atoms with van der Waals surface area (Å²) >= 11 is 1.35. The van der Waals surface area contributed by atoms with Gasteiger partial charge in [-0.25, -0.2) is 9.98 Å². The number of benzene rings is 2. The molecule has 2 atom stereocenters. The van der Waals surface area contributed by atoms with Gasteiger partial charge in [0.25, 0.3) is 5.56 Å². The molecule has 0 amide bonds. The molecular formula is C21H16N4O2S. The van der Waals surface area contributed by atoms with E-state index in [4.69, 9.17) is 0 Å². The summed E-state index contributed by atoms with van der Waals surface area (Å²) in [4.78, 5) is 37.9. The predicted molar refractivity (Wildman–Crippen MR) is 110 cm³/mol. The van der Waals surface area contributed by atoms with Crippen LogP contribution < -0.4 is 10.9 Å². The lowest BCUT2D eigenvalue weighted by molar-refractivity contribution is 0.0952. The van der Waals surface area contributed by atoms with Crippen molar-refractivity contribution >= 4 is 34.8 Å². The fourth-order valence-corrected chi connectivity index (χ4v) is 4.23. The molecule has 2 N–H and O–H groups in total. The lowest BCUT2D eigenvalue weighted by atomic mass is 9.88. The zero-order valence-corrected chi connectivity index (χ0v) is 15.8. The number of H-pyrrole nitrogens is 1. The molecule has 5 rings (SSSR count). The van der Waals surface area contributed by atoms with Crippen LogP contribution in [0.1, 0.15) is 27.5 Å². The number of fused-ring (bicyclic) bond motifs is 4. The minimum absolute atomic E-state index is 0.00466. The molecule has 2 unspecified atom stereocenters. The summed E-state index contributed by atoms with van der Waals surface area (Å²) in [6, 6.07) is 16.8. The lowest BCUT2D eigenvalue weighted by Gasteiger charge is -2.23. The van der Waals surface area contributed by atoms with Crippen LogP contribution in [0.25, 0.3) is 0 Å². The molecular weight excluding hydrogens is 372 g/mol. The Morgan fingerprint density at radius 1 is 0.964 bits per heavy atom. The van der Waals surface area contributed by atoms with Crippen LogP contribution in [0, 0.1) is 5.92 Å². The van der Waals surface area contributed by atoms with E-state index in [0.29, 0.717) is 22.2 Å².